The number of benzene rings is 1. The van der Waals surface area contributed by atoms with Crippen LogP contribution in [-0.4, -0.2) is 39.9 Å². The van der Waals surface area contributed by atoms with Crippen molar-refractivity contribution in [3.05, 3.63) is 29.6 Å². The van der Waals surface area contributed by atoms with E-state index in [4.69, 9.17) is 9.47 Å². The quantitative estimate of drug-likeness (QED) is 0.618. The van der Waals surface area contributed by atoms with Crippen LogP contribution in [0, 0.1) is 11.2 Å². The zero-order valence-electron chi connectivity index (χ0n) is 15.7. The number of methoxy groups -OCH3 is 2. The molecule has 0 saturated carbocycles. The average molecular weight is 339 g/mol. The van der Waals surface area contributed by atoms with E-state index in [9.17, 15) is 4.39 Å². The predicted octanol–water partition coefficient (Wildman–Crippen LogP) is 3.12. The maximum Gasteiger partial charge on any atom is 0.191 e. The highest BCUT2D eigenvalue weighted by Gasteiger charge is 2.24. The van der Waals surface area contributed by atoms with Crippen molar-refractivity contribution in [2.45, 2.75) is 39.8 Å². The van der Waals surface area contributed by atoms with Gasteiger partial charge < -0.3 is 20.1 Å². The molecule has 0 bridgehead atoms. The molecule has 0 saturated heterocycles. The van der Waals surface area contributed by atoms with E-state index in [0.717, 1.165) is 5.56 Å². The second-order valence-corrected chi connectivity index (χ2v) is 6.80. The van der Waals surface area contributed by atoms with Gasteiger partial charge in [0.15, 0.2) is 17.5 Å². The highest BCUT2D eigenvalue weighted by atomic mass is 19.1. The molecule has 136 valence electrons. The Bertz CT molecular complexity index is 556. The van der Waals surface area contributed by atoms with Gasteiger partial charge in [-0.3, -0.25) is 4.99 Å². The summed E-state index contributed by atoms with van der Waals surface area (Å²) in [5, 5.41) is 6.51. The van der Waals surface area contributed by atoms with Crippen LogP contribution in [0.5, 0.6) is 5.75 Å². The Morgan fingerprint density at radius 1 is 1.29 bits per heavy atom. The van der Waals surface area contributed by atoms with Crippen molar-refractivity contribution < 1.29 is 13.9 Å². The summed E-state index contributed by atoms with van der Waals surface area (Å²) in [6.07, 6.45) is 0.0461. The summed E-state index contributed by atoms with van der Waals surface area (Å²) in [6.45, 7) is 8.96. The maximum atomic E-state index is 13.8. The number of nitrogens with one attached hydrogen (secondary N) is 2. The molecular formula is C18H30FN3O2. The molecule has 0 aliphatic rings. The standard InChI is InChI=1S/C18H30FN3O2/c1-12(13-8-9-15(23-6)14(19)10-13)22-17(20-5)21-11-16(24-7)18(2,3)4/h8-10,12,16H,11H2,1-7H3,(H2,20,21,22). The van der Waals surface area contributed by atoms with Crippen LogP contribution in [0.4, 0.5) is 4.39 Å². The third-order valence-electron chi connectivity index (χ3n) is 3.96. The molecule has 2 atom stereocenters. The van der Waals surface area contributed by atoms with Crippen LogP contribution in [0.1, 0.15) is 39.3 Å². The molecule has 0 spiro atoms. The number of rotatable bonds is 6. The fourth-order valence-corrected chi connectivity index (χ4v) is 2.37. The molecule has 0 aliphatic heterocycles. The fraction of sp³-hybridized carbons (Fsp3) is 0.611. The number of hydrogen-bond acceptors (Lipinski definition) is 3. The van der Waals surface area contributed by atoms with Gasteiger partial charge >= 0.3 is 0 Å². The first-order valence-corrected chi connectivity index (χ1v) is 8.06. The van der Waals surface area contributed by atoms with E-state index in [1.807, 2.05) is 13.0 Å². The van der Waals surface area contributed by atoms with Crippen LogP contribution in [0.2, 0.25) is 0 Å². The van der Waals surface area contributed by atoms with E-state index < -0.39 is 0 Å². The molecule has 0 aliphatic carbocycles. The molecule has 1 rings (SSSR count). The van der Waals surface area contributed by atoms with Gasteiger partial charge in [-0.1, -0.05) is 26.8 Å². The Balaban J connectivity index is 2.70. The molecule has 0 aromatic heterocycles. The first-order chi connectivity index (χ1) is 11.2. The van der Waals surface area contributed by atoms with Crippen molar-refractivity contribution in [2.75, 3.05) is 27.8 Å². The zero-order valence-corrected chi connectivity index (χ0v) is 15.7. The minimum atomic E-state index is -0.376. The second-order valence-electron chi connectivity index (χ2n) is 6.80. The fourth-order valence-electron chi connectivity index (χ4n) is 2.37. The number of ether oxygens (including phenoxy) is 2. The molecule has 2 unspecified atom stereocenters. The van der Waals surface area contributed by atoms with Gasteiger partial charge in [0.05, 0.1) is 19.3 Å². The Morgan fingerprint density at radius 3 is 2.42 bits per heavy atom. The Hall–Kier alpha value is -1.82. The van der Waals surface area contributed by atoms with Crippen molar-refractivity contribution in [2.24, 2.45) is 10.4 Å². The smallest absolute Gasteiger partial charge is 0.191 e. The second kappa shape index (κ2) is 8.87. The zero-order chi connectivity index (χ0) is 18.3. The number of aliphatic imine (C=N–C) groups is 1. The molecule has 0 radical (unpaired) electrons. The van der Waals surface area contributed by atoms with E-state index >= 15 is 0 Å². The number of guanidine groups is 1. The normalized spacial score (nSPS) is 14.9. The van der Waals surface area contributed by atoms with Crippen molar-refractivity contribution >= 4 is 5.96 Å². The topological polar surface area (TPSA) is 54.9 Å². The lowest BCUT2D eigenvalue weighted by Gasteiger charge is -2.30. The first-order valence-electron chi connectivity index (χ1n) is 8.06. The number of hydrogen-bond donors (Lipinski definition) is 2. The van der Waals surface area contributed by atoms with Crippen LogP contribution >= 0.6 is 0 Å². The van der Waals surface area contributed by atoms with Gasteiger partial charge in [0.2, 0.25) is 0 Å². The minimum absolute atomic E-state index is 0.0192. The van der Waals surface area contributed by atoms with Gasteiger partial charge in [-0.2, -0.15) is 0 Å². The van der Waals surface area contributed by atoms with Crippen LogP contribution in [0.15, 0.2) is 23.2 Å². The molecule has 24 heavy (non-hydrogen) atoms. The summed E-state index contributed by atoms with van der Waals surface area (Å²) in [6, 6.07) is 4.82. The lowest BCUT2D eigenvalue weighted by molar-refractivity contribution is 0.0205. The van der Waals surface area contributed by atoms with Gasteiger partial charge in [-0.05, 0) is 30.0 Å². The lowest BCUT2D eigenvalue weighted by Crippen LogP contribution is -2.45. The van der Waals surface area contributed by atoms with Gasteiger partial charge in [-0.15, -0.1) is 0 Å². The highest BCUT2D eigenvalue weighted by Crippen LogP contribution is 2.22. The third-order valence-corrected chi connectivity index (χ3v) is 3.96. The summed E-state index contributed by atoms with van der Waals surface area (Å²) in [7, 11) is 4.86. The molecule has 2 N–H and O–H groups in total. The maximum absolute atomic E-state index is 13.8. The molecule has 1 aromatic carbocycles. The molecular weight excluding hydrogens is 309 g/mol. The SMILES string of the molecule is CN=C(NCC(OC)C(C)(C)C)NC(C)c1ccc(OC)c(F)c1. The van der Waals surface area contributed by atoms with E-state index in [0.29, 0.717) is 12.5 Å². The van der Waals surface area contributed by atoms with Gasteiger partial charge in [-0.25, -0.2) is 4.39 Å². The van der Waals surface area contributed by atoms with Crippen LogP contribution in [-0.2, 0) is 4.74 Å². The Kier molecular flexibility index (Phi) is 7.48. The predicted molar refractivity (Wildman–Crippen MR) is 96.1 cm³/mol. The van der Waals surface area contributed by atoms with Crippen molar-refractivity contribution in [3.8, 4) is 5.75 Å². The largest absolute Gasteiger partial charge is 0.494 e. The molecule has 0 heterocycles. The van der Waals surface area contributed by atoms with Crippen LogP contribution in [0.3, 0.4) is 0 Å². The molecule has 0 amide bonds. The molecule has 0 fully saturated rings. The van der Waals surface area contributed by atoms with E-state index in [1.165, 1.54) is 13.2 Å². The average Bonchev–Trinajstić information content (AvgIpc) is 2.52. The van der Waals surface area contributed by atoms with Crippen LogP contribution in [0.25, 0.3) is 0 Å². The summed E-state index contributed by atoms with van der Waals surface area (Å²) in [5.74, 6) is 0.505. The highest BCUT2D eigenvalue weighted by molar-refractivity contribution is 5.80. The summed E-state index contributed by atoms with van der Waals surface area (Å²) >= 11 is 0. The van der Waals surface area contributed by atoms with Gasteiger partial charge in [0, 0.05) is 20.7 Å². The monoisotopic (exact) mass is 339 g/mol. The Labute approximate surface area is 144 Å². The van der Waals surface area contributed by atoms with Crippen molar-refractivity contribution in [1.29, 1.82) is 0 Å². The summed E-state index contributed by atoms with van der Waals surface area (Å²) in [4.78, 5) is 4.22. The van der Waals surface area contributed by atoms with Gasteiger partial charge in [0.25, 0.3) is 0 Å². The van der Waals surface area contributed by atoms with E-state index in [1.54, 1.807) is 20.2 Å². The van der Waals surface area contributed by atoms with Crippen molar-refractivity contribution in [1.82, 2.24) is 10.6 Å². The summed E-state index contributed by atoms with van der Waals surface area (Å²) in [5.41, 5.74) is 0.834. The minimum Gasteiger partial charge on any atom is -0.494 e. The van der Waals surface area contributed by atoms with E-state index in [2.05, 4.69) is 36.4 Å². The first kappa shape index (κ1) is 20.2. The molecule has 6 heteroatoms. The third kappa shape index (κ3) is 5.67. The Morgan fingerprint density at radius 2 is 1.96 bits per heavy atom. The van der Waals surface area contributed by atoms with Gasteiger partial charge in [0.1, 0.15) is 0 Å². The molecule has 5 nitrogen and oxygen atoms in total. The number of halogens is 1. The molecule has 1 aromatic rings. The summed E-state index contributed by atoms with van der Waals surface area (Å²) < 4.78 is 24.3. The van der Waals surface area contributed by atoms with Crippen molar-refractivity contribution in [3.63, 3.8) is 0 Å². The van der Waals surface area contributed by atoms with Crippen LogP contribution < -0.4 is 15.4 Å². The number of nitrogens with zero attached hydrogens (tertiary/aromatic N) is 1. The van der Waals surface area contributed by atoms with E-state index in [-0.39, 0.29) is 29.1 Å². The lowest BCUT2D eigenvalue weighted by atomic mass is 9.89.